The molecule has 1 rings (SSSR count). The van der Waals surface area contributed by atoms with Crippen LogP contribution in [-0.4, -0.2) is 44.0 Å². The lowest BCUT2D eigenvalue weighted by Crippen LogP contribution is -2.29. The summed E-state index contributed by atoms with van der Waals surface area (Å²) in [4.78, 5) is 2.24. The summed E-state index contributed by atoms with van der Waals surface area (Å²) >= 11 is 0. The van der Waals surface area contributed by atoms with Gasteiger partial charge in [0.2, 0.25) is 0 Å². The molecule has 0 amide bonds. The maximum Gasteiger partial charge on any atom is 0.148 e. The highest BCUT2D eigenvalue weighted by molar-refractivity contribution is 4.96. The number of hydrogen-bond donors (Lipinski definition) is 0. The maximum atomic E-state index is 5.45. The Labute approximate surface area is 92.4 Å². The van der Waals surface area contributed by atoms with Gasteiger partial charge in [0, 0.05) is 13.0 Å². The highest BCUT2D eigenvalue weighted by Crippen LogP contribution is 2.14. The minimum absolute atomic E-state index is 0.136. The van der Waals surface area contributed by atoms with Gasteiger partial charge in [0.1, 0.15) is 6.79 Å². The van der Waals surface area contributed by atoms with Gasteiger partial charge in [-0.05, 0) is 13.6 Å². The van der Waals surface area contributed by atoms with Gasteiger partial charge in [0.05, 0.1) is 12.2 Å². The fraction of sp³-hybridized carbons (Fsp3) is 0.667. The average Bonchev–Trinajstić information content (AvgIpc) is 2.29. The molecule has 0 aromatic heterocycles. The highest BCUT2D eigenvalue weighted by atomic mass is 16.7. The smallest absolute Gasteiger partial charge is 0.148 e. The third-order valence-corrected chi connectivity index (χ3v) is 2.60. The molecule has 0 radical (unpaired) electrons. The van der Waals surface area contributed by atoms with Crippen molar-refractivity contribution in [1.82, 2.24) is 4.90 Å². The first-order valence-electron chi connectivity index (χ1n) is 5.47. The summed E-state index contributed by atoms with van der Waals surface area (Å²) in [7, 11) is 2.10. The van der Waals surface area contributed by atoms with E-state index in [9.17, 15) is 0 Å². The monoisotopic (exact) mass is 211 g/mol. The van der Waals surface area contributed by atoms with Gasteiger partial charge in [0.25, 0.3) is 0 Å². The van der Waals surface area contributed by atoms with E-state index in [0.717, 1.165) is 19.5 Å². The third-order valence-electron chi connectivity index (χ3n) is 2.60. The van der Waals surface area contributed by atoms with Crippen molar-refractivity contribution in [2.24, 2.45) is 0 Å². The minimum atomic E-state index is 0.136. The Hall–Kier alpha value is -0.640. The van der Waals surface area contributed by atoms with Gasteiger partial charge >= 0.3 is 0 Å². The molecule has 1 aliphatic rings. The van der Waals surface area contributed by atoms with Crippen LogP contribution in [0.4, 0.5) is 0 Å². The number of nitrogens with zero attached hydrogens (tertiary/aromatic N) is 1. The molecule has 0 aliphatic carbocycles. The van der Waals surface area contributed by atoms with Crippen molar-refractivity contribution in [3.8, 4) is 0 Å². The summed E-state index contributed by atoms with van der Waals surface area (Å²) in [5.41, 5.74) is 0. The number of likely N-dealkylation sites (N-methyl/N-ethyl adjacent to an activating group) is 1. The van der Waals surface area contributed by atoms with E-state index < -0.39 is 0 Å². The van der Waals surface area contributed by atoms with Crippen LogP contribution in [0.15, 0.2) is 24.8 Å². The number of rotatable bonds is 5. The van der Waals surface area contributed by atoms with Crippen LogP contribution in [0.2, 0.25) is 0 Å². The molecule has 0 aromatic rings. The SMILES string of the molecule is C=CC1CC(/C=C/CN(C)CC)OCO1. The molecule has 86 valence electrons. The van der Waals surface area contributed by atoms with Crippen molar-refractivity contribution >= 4 is 0 Å². The molecule has 1 fully saturated rings. The van der Waals surface area contributed by atoms with Crippen LogP contribution in [0.25, 0.3) is 0 Å². The predicted molar refractivity (Wildman–Crippen MR) is 61.7 cm³/mol. The Bertz CT molecular complexity index is 216. The first-order chi connectivity index (χ1) is 7.26. The average molecular weight is 211 g/mol. The molecule has 3 nitrogen and oxygen atoms in total. The van der Waals surface area contributed by atoms with Gasteiger partial charge in [-0.25, -0.2) is 0 Å². The Kier molecular flexibility index (Phi) is 5.61. The van der Waals surface area contributed by atoms with Crippen molar-refractivity contribution in [2.75, 3.05) is 26.9 Å². The van der Waals surface area contributed by atoms with Crippen molar-refractivity contribution in [3.63, 3.8) is 0 Å². The molecular formula is C12H21NO2. The summed E-state index contributed by atoms with van der Waals surface area (Å²) < 4.78 is 10.8. The first-order valence-corrected chi connectivity index (χ1v) is 5.47. The van der Waals surface area contributed by atoms with Gasteiger partial charge in [-0.3, -0.25) is 0 Å². The minimum Gasteiger partial charge on any atom is -0.348 e. The first kappa shape index (κ1) is 12.4. The van der Waals surface area contributed by atoms with Gasteiger partial charge in [-0.2, -0.15) is 0 Å². The molecular weight excluding hydrogens is 190 g/mol. The lowest BCUT2D eigenvalue weighted by atomic mass is 10.1. The van der Waals surface area contributed by atoms with Crippen molar-refractivity contribution < 1.29 is 9.47 Å². The quantitative estimate of drug-likeness (QED) is 0.647. The lowest BCUT2D eigenvalue weighted by molar-refractivity contribution is -0.147. The summed E-state index contributed by atoms with van der Waals surface area (Å²) in [6, 6.07) is 0. The Morgan fingerprint density at radius 3 is 2.80 bits per heavy atom. The van der Waals surface area contributed by atoms with Gasteiger partial charge in [-0.15, -0.1) is 6.58 Å². The lowest BCUT2D eigenvalue weighted by Gasteiger charge is -2.26. The topological polar surface area (TPSA) is 21.7 Å². The molecule has 0 spiro atoms. The molecule has 0 saturated carbocycles. The third kappa shape index (κ3) is 4.60. The Morgan fingerprint density at radius 2 is 2.13 bits per heavy atom. The van der Waals surface area contributed by atoms with Crippen LogP contribution < -0.4 is 0 Å². The summed E-state index contributed by atoms with van der Waals surface area (Å²) in [6.45, 7) is 8.28. The fourth-order valence-electron chi connectivity index (χ4n) is 1.40. The Balaban J connectivity index is 2.28. The van der Waals surface area contributed by atoms with Crippen LogP contribution >= 0.6 is 0 Å². The molecule has 1 aliphatic heterocycles. The van der Waals surface area contributed by atoms with E-state index >= 15 is 0 Å². The number of ether oxygens (including phenoxy) is 2. The zero-order valence-electron chi connectivity index (χ0n) is 9.69. The van der Waals surface area contributed by atoms with Gasteiger partial charge < -0.3 is 14.4 Å². The summed E-state index contributed by atoms with van der Waals surface area (Å²) in [5.74, 6) is 0. The van der Waals surface area contributed by atoms with E-state index in [-0.39, 0.29) is 12.2 Å². The molecule has 0 bridgehead atoms. The van der Waals surface area contributed by atoms with Gasteiger partial charge in [-0.1, -0.05) is 25.2 Å². The van der Waals surface area contributed by atoms with Crippen LogP contribution in [0, 0.1) is 0 Å². The van der Waals surface area contributed by atoms with Crippen LogP contribution in [0.1, 0.15) is 13.3 Å². The maximum absolute atomic E-state index is 5.45. The van der Waals surface area contributed by atoms with E-state index in [1.54, 1.807) is 0 Å². The molecule has 3 heteroatoms. The van der Waals surface area contributed by atoms with E-state index in [1.165, 1.54) is 0 Å². The molecule has 2 atom stereocenters. The molecule has 15 heavy (non-hydrogen) atoms. The van der Waals surface area contributed by atoms with E-state index in [1.807, 2.05) is 6.08 Å². The fourth-order valence-corrected chi connectivity index (χ4v) is 1.40. The predicted octanol–water partition coefficient (Wildman–Crippen LogP) is 1.81. The second-order valence-corrected chi connectivity index (χ2v) is 3.78. The van der Waals surface area contributed by atoms with Crippen molar-refractivity contribution in [2.45, 2.75) is 25.6 Å². The summed E-state index contributed by atoms with van der Waals surface area (Å²) in [6.07, 6.45) is 7.28. The molecule has 0 aromatic carbocycles. The standard InChI is InChI=1S/C12H21NO2/c1-4-11-9-12(15-10-14-11)7-6-8-13(3)5-2/h4,6-7,11-12H,1,5,8-10H2,2-3H3/b7-6+. The molecule has 1 heterocycles. The second-order valence-electron chi connectivity index (χ2n) is 3.78. The molecule has 1 saturated heterocycles. The highest BCUT2D eigenvalue weighted by Gasteiger charge is 2.18. The van der Waals surface area contributed by atoms with E-state index in [2.05, 4.69) is 37.6 Å². The van der Waals surface area contributed by atoms with Crippen LogP contribution in [-0.2, 0) is 9.47 Å². The zero-order chi connectivity index (χ0) is 11.1. The molecule has 2 unspecified atom stereocenters. The molecule has 0 N–H and O–H groups in total. The summed E-state index contributed by atoms with van der Waals surface area (Å²) in [5, 5.41) is 0. The zero-order valence-corrected chi connectivity index (χ0v) is 9.69. The van der Waals surface area contributed by atoms with Crippen LogP contribution in [0.5, 0.6) is 0 Å². The van der Waals surface area contributed by atoms with Gasteiger partial charge in [0.15, 0.2) is 0 Å². The van der Waals surface area contributed by atoms with Crippen molar-refractivity contribution in [3.05, 3.63) is 24.8 Å². The largest absolute Gasteiger partial charge is 0.348 e. The van der Waals surface area contributed by atoms with Crippen LogP contribution in [0.3, 0.4) is 0 Å². The normalized spacial score (nSPS) is 27.4. The van der Waals surface area contributed by atoms with Crippen molar-refractivity contribution in [1.29, 1.82) is 0 Å². The van der Waals surface area contributed by atoms with E-state index in [0.29, 0.717) is 6.79 Å². The number of hydrogen-bond acceptors (Lipinski definition) is 3. The Morgan fingerprint density at radius 1 is 1.40 bits per heavy atom. The van der Waals surface area contributed by atoms with E-state index in [4.69, 9.17) is 9.47 Å². The second kappa shape index (κ2) is 6.77.